The molecule has 0 saturated carbocycles. The molecule has 9 rings (SSSR count). The molecule has 5 aromatic carbocycles. The molecule has 0 atom stereocenters. The Balaban J connectivity index is 1.23. The molecular formula is C41H26N4. The van der Waals surface area contributed by atoms with E-state index in [0.29, 0.717) is 0 Å². The predicted molar refractivity (Wildman–Crippen MR) is 185 cm³/mol. The summed E-state index contributed by atoms with van der Waals surface area (Å²) in [5.41, 5.74) is 10.3. The van der Waals surface area contributed by atoms with Crippen molar-refractivity contribution in [2.75, 3.05) is 0 Å². The van der Waals surface area contributed by atoms with E-state index < -0.39 is 0 Å². The van der Waals surface area contributed by atoms with Crippen LogP contribution in [-0.2, 0) is 0 Å². The molecule has 4 heterocycles. The van der Waals surface area contributed by atoms with Crippen molar-refractivity contribution in [2.45, 2.75) is 0 Å². The van der Waals surface area contributed by atoms with E-state index in [9.17, 15) is 0 Å². The zero-order valence-corrected chi connectivity index (χ0v) is 24.3. The minimum absolute atomic E-state index is 0.845. The average molecular weight is 575 g/mol. The molecule has 4 heteroatoms. The third-order valence-electron chi connectivity index (χ3n) is 8.68. The molecular weight excluding hydrogens is 548 g/mol. The van der Waals surface area contributed by atoms with E-state index in [4.69, 9.17) is 9.97 Å². The summed E-state index contributed by atoms with van der Waals surface area (Å²) < 4.78 is 2.28. The number of benzene rings is 5. The summed E-state index contributed by atoms with van der Waals surface area (Å²) in [4.78, 5) is 14.5. The highest BCUT2D eigenvalue weighted by atomic mass is 15.0. The Labute approximate surface area is 259 Å². The molecule has 0 fully saturated rings. The van der Waals surface area contributed by atoms with Gasteiger partial charge in [0.15, 0.2) is 0 Å². The first-order valence-corrected chi connectivity index (χ1v) is 15.1. The maximum Gasteiger partial charge on any atom is 0.0963 e. The van der Waals surface area contributed by atoms with Crippen molar-refractivity contribution in [1.82, 2.24) is 19.5 Å². The molecule has 210 valence electrons. The van der Waals surface area contributed by atoms with Gasteiger partial charge in [0.2, 0.25) is 0 Å². The summed E-state index contributed by atoms with van der Waals surface area (Å²) in [7, 11) is 0. The van der Waals surface area contributed by atoms with Crippen LogP contribution in [0.1, 0.15) is 0 Å². The van der Waals surface area contributed by atoms with Crippen LogP contribution in [0, 0.1) is 0 Å². The largest absolute Gasteiger partial charge is 0.308 e. The Kier molecular flexibility index (Phi) is 5.78. The number of hydrogen-bond acceptors (Lipinski definition) is 3. The Morgan fingerprint density at radius 1 is 0.422 bits per heavy atom. The molecule has 45 heavy (non-hydrogen) atoms. The van der Waals surface area contributed by atoms with Gasteiger partial charge in [0.25, 0.3) is 0 Å². The van der Waals surface area contributed by atoms with Crippen molar-refractivity contribution in [3.05, 3.63) is 158 Å². The van der Waals surface area contributed by atoms with Gasteiger partial charge in [0.05, 0.1) is 33.6 Å². The number of nitrogens with zero attached hydrogens (tertiary/aromatic N) is 4. The first kappa shape index (κ1) is 25.4. The van der Waals surface area contributed by atoms with E-state index in [1.165, 1.54) is 27.1 Å². The lowest BCUT2D eigenvalue weighted by Gasteiger charge is -2.14. The monoisotopic (exact) mass is 574 g/mol. The SMILES string of the molecule is c1ccc(-c2cc(-c3cc4ccccc4c4ccccc34)cc(-c3ccc(-n4c5ccccc5c5ncccc54)cc3)n2)nc1. The fourth-order valence-electron chi connectivity index (χ4n) is 6.62. The molecule has 0 saturated heterocycles. The first-order valence-electron chi connectivity index (χ1n) is 15.1. The highest BCUT2D eigenvalue weighted by Gasteiger charge is 2.15. The minimum Gasteiger partial charge on any atom is -0.308 e. The second-order valence-electron chi connectivity index (χ2n) is 11.3. The summed E-state index contributed by atoms with van der Waals surface area (Å²) in [5, 5.41) is 6.08. The zero-order valence-electron chi connectivity index (χ0n) is 24.3. The smallest absolute Gasteiger partial charge is 0.0963 e. The molecule has 0 spiro atoms. The van der Waals surface area contributed by atoms with Crippen LogP contribution in [0.15, 0.2) is 158 Å². The molecule has 0 aliphatic rings. The maximum atomic E-state index is 5.15. The van der Waals surface area contributed by atoms with Gasteiger partial charge in [0, 0.05) is 29.0 Å². The highest BCUT2D eigenvalue weighted by Crippen LogP contribution is 2.38. The van der Waals surface area contributed by atoms with E-state index in [2.05, 4.69) is 131 Å². The number of aromatic nitrogens is 4. The Hall–Kier alpha value is -6.13. The van der Waals surface area contributed by atoms with Crippen LogP contribution in [-0.4, -0.2) is 19.5 Å². The standard InChI is InChI=1S/C41H26N4/c1-2-11-31-28(10-1)24-35(33-13-4-3-12-32(31)33)29-25-37(44-38(26-29)36-15-7-8-22-42-36)27-18-20-30(21-19-27)45-39-16-6-5-14-34(39)41-40(45)17-9-23-43-41/h1-26H. The molecule has 0 unspecified atom stereocenters. The van der Waals surface area contributed by atoms with Crippen molar-refractivity contribution in [3.63, 3.8) is 0 Å². The topological polar surface area (TPSA) is 43.6 Å². The predicted octanol–water partition coefficient (Wildman–Crippen LogP) is 10.3. The van der Waals surface area contributed by atoms with Crippen LogP contribution < -0.4 is 0 Å². The third-order valence-corrected chi connectivity index (χ3v) is 8.68. The van der Waals surface area contributed by atoms with Gasteiger partial charge in [-0.15, -0.1) is 0 Å². The third kappa shape index (κ3) is 4.19. The lowest BCUT2D eigenvalue weighted by Crippen LogP contribution is -1.95. The van der Waals surface area contributed by atoms with E-state index in [1.807, 2.05) is 36.7 Å². The number of rotatable bonds is 4. The van der Waals surface area contributed by atoms with Crippen LogP contribution in [0.3, 0.4) is 0 Å². The van der Waals surface area contributed by atoms with Crippen molar-refractivity contribution in [3.8, 4) is 39.5 Å². The lowest BCUT2D eigenvalue weighted by atomic mass is 9.92. The Morgan fingerprint density at radius 3 is 1.96 bits per heavy atom. The Morgan fingerprint density at radius 2 is 1.11 bits per heavy atom. The maximum absolute atomic E-state index is 5.15. The van der Waals surface area contributed by atoms with E-state index in [1.54, 1.807) is 0 Å². The van der Waals surface area contributed by atoms with Gasteiger partial charge in [-0.3, -0.25) is 9.97 Å². The minimum atomic E-state index is 0.845. The molecule has 0 aliphatic heterocycles. The van der Waals surface area contributed by atoms with Gasteiger partial charge < -0.3 is 4.57 Å². The fourth-order valence-corrected chi connectivity index (χ4v) is 6.62. The van der Waals surface area contributed by atoms with Crippen LogP contribution >= 0.6 is 0 Å². The first-order chi connectivity index (χ1) is 22.3. The molecule has 4 aromatic heterocycles. The molecule has 0 bridgehead atoms. The van der Waals surface area contributed by atoms with Crippen molar-refractivity contribution >= 4 is 43.5 Å². The average Bonchev–Trinajstić information content (AvgIpc) is 3.46. The van der Waals surface area contributed by atoms with Gasteiger partial charge in [-0.25, -0.2) is 4.98 Å². The van der Waals surface area contributed by atoms with E-state index >= 15 is 0 Å². The van der Waals surface area contributed by atoms with Gasteiger partial charge in [-0.05, 0) is 93.3 Å². The second-order valence-corrected chi connectivity index (χ2v) is 11.3. The van der Waals surface area contributed by atoms with Crippen LogP contribution in [0.25, 0.3) is 82.9 Å². The van der Waals surface area contributed by atoms with Gasteiger partial charge in [0.1, 0.15) is 0 Å². The number of fused-ring (bicyclic) bond motifs is 6. The normalized spacial score (nSPS) is 11.6. The summed E-state index contributed by atoms with van der Waals surface area (Å²) >= 11 is 0. The summed E-state index contributed by atoms with van der Waals surface area (Å²) in [6.45, 7) is 0. The van der Waals surface area contributed by atoms with Crippen molar-refractivity contribution in [2.24, 2.45) is 0 Å². The van der Waals surface area contributed by atoms with Crippen molar-refractivity contribution in [1.29, 1.82) is 0 Å². The van der Waals surface area contributed by atoms with Crippen LogP contribution in [0.5, 0.6) is 0 Å². The zero-order chi connectivity index (χ0) is 29.7. The molecule has 4 nitrogen and oxygen atoms in total. The fraction of sp³-hybridized carbons (Fsp3) is 0. The lowest BCUT2D eigenvalue weighted by molar-refractivity contribution is 1.17. The van der Waals surface area contributed by atoms with Gasteiger partial charge in [-0.1, -0.05) is 84.9 Å². The number of para-hydroxylation sites is 1. The van der Waals surface area contributed by atoms with Crippen LogP contribution in [0.2, 0.25) is 0 Å². The number of pyridine rings is 3. The summed E-state index contributed by atoms with van der Waals surface area (Å²) in [6, 6.07) is 51.2. The number of hydrogen-bond donors (Lipinski definition) is 0. The van der Waals surface area contributed by atoms with Gasteiger partial charge >= 0.3 is 0 Å². The summed E-state index contributed by atoms with van der Waals surface area (Å²) in [6.07, 6.45) is 3.68. The van der Waals surface area contributed by atoms with E-state index in [0.717, 1.165) is 55.8 Å². The van der Waals surface area contributed by atoms with Gasteiger partial charge in [-0.2, -0.15) is 0 Å². The Bertz CT molecular complexity index is 2480. The van der Waals surface area contributed by atoms with Crippen molar-refractivity contribution < 1.29 is 0 Å². The molecule has 0 N–H and O–H groups in total. The molecule has 0 amide bonds. The van der Waals surface area contributed by atoms with E-state index in [-0.39, 0.29) is 0 Å². The molecule has 0 aliphatic carbocycles. The van der Waals surface area contributed by atoms with Crippen LogP contribution in [0.4, 0.5) is 0 Å². The quantitative estimate of drug-likeness (QED) is 0.196. The highest BCUT2D eigenvalue weighted by molar-refractivity contribution is 6.14. The second kappa shape index (κ2) is 10.2. The molecule has 9 aromatic rings. The molecule has 0 radical (unpaired) electrons. The summed E-state index contributed by atoms with van der Waals surface area (Å²) in [5.74, 6) is 0.